The Bertz CT molecular complexity index is 925. The Labute approximate surface area is 161 Å². The van der Waals surface area contributed by atoms with E-state index in [1.807, 2.05) is 0 Å². The van der Waals surface area contributed by atoms with Crippen molar-refractivity contribution >= 4 is 69.6 Å². The lowest BCUT2D eigenvalue weighted by Crippen LogP contribution is -2.32. The van der Waals surface area contributed by atoms with E-state index in [-0.39, 0.29) is 31.5 Å². The van der Waals surface area contributed by atoms with Gasteiger partial charge in [0, 0.05) is 15.7 Å². The third-order valence-electron chi connectivity index (χ3n) is 3.32. The Morgan fingerprint density at radius 3 is 2.12 bits per heavy atom. The van der Waals surface area contributed by atoms with Crippen molar-refractivity contribution in [2.24, 2.45) is 0 Å². The Hall–Kier alpha value is -1.79. The summed E-state index contributed by atoms with van der Waals surface area (Å²) >= 11 is 23.5. The highest BCUT2D eigenvalue weighted by Crippen LogP contribution is 2.33. The summed E-state index contributed by atoms with van der Waals surface area (Å²) in [6.45, 7) is 0. The fourth-order valence-corrected chi connectivity index (χ4v) is 3.14. The van der Waals surface area contributed by atoms with E-state index in [0.29, 0.717) is 5.69 Å². The summed E-state index contributed by atoms with van der Waals surface area (Å²) in [6.07, 6.45) is 0. The number of hydrogen-bond acceptors (Lipinski definition) is 3. The van der Waals surface area contributed by atoms with Gasteiger partial charge in [-0.2, -0.15) is 0 Å². The van der Waals surface area contributed by atoms with Gasteiger partial charge in [-0.15, -0.1) is 0 Å². The molecule has 2 aromatic rings. The molecule has 0 aliphatic carbocycles. The van der Waals surface area contributed by atoms with Gasteiger partial charge in [0.25, 0.3) is 11.8 Å². The van der Waals surface area contributed by atoms with E-state index < -0.39 is 17.6 Å². The highest BCUT2D eigenvalue weighted by Gasteiger charge is 2.39. The van der Waals surface area contributed by atoms with E-state index in [1.165, 1.54) is 30.3 Å². The van der Waals surface area contributed by atoms with Crippen LogP contribution in [-0.4, -0.2) is 11.8 Å². The lowest BCUT2D eigenvalue weighted by molar-refractivity contribution is -0.120. The predicted molar refractivity (Wildman–Crippen MR) is 96.9 cm³/mol. The molecule has 0 spiro atoms. The first-order valence-corrected chi connectivity index (χ1v) is 8.26. The summed E-state index contributed by atoms with van der Waals surface area (Å²) in [4.78, 5) is 25.8. The number of benzene rings is 2. The summed E-state index contributed by atoms with van der Waals surface area (Å²) in [5.74, 6) is -2.05. The van der Waals surface area contributed by atoms with Gasteiger partial charge in [-0.3, -0.25) is 9.59 Å². The van der Waals surface area contributed by atoms with Crippen molar-refractivity contribution in [1.82, 2.24) is 0 Å². The summed E-state index contributed by atoms with van der Waals surface area (Å²) in [5.41, 5.74) is 0.316. The van der Waals surface area contributed by atoms with Crippen molar-refractivity contribution in [2.75, 3.05) is 10.2 Å². The topological polar surface area (TPSA) is 49.4 Å². The summed E-state index contributed by atoms with van der Waals surface area (Å²) in [5, 5.41) is 2.74. The minimum absolute atomic E-state index is 0.142. The molecule has 2 aromatic carbocycles. The minimum Gasteiger partial charge on any atom is -0.350 e. The molecule has 1 aliphatic heterocycles. The Morgan fingerprint density at radius 1 is 0.880 bits per heavy atom. The molecule has 3 rings (SSSR count). The van der Waals surface area contributed by atoms with Crippen LogP contribution in [0, 0.1) is 5.82 Å². The smallest absolute Gasteiger partial charge is 0.283 e. The molecule has 0 atom stereocenters. The maximum Gasteiger partial charge on any atom is 0.283 e. The molecule has 0 unspecified atom stereocenters. The number of nitrogens with zero attached hydrogens (tertiary/aromatic N) is 1. The number of nitrogens with one attached hydrogen (secondary N) is 1. The van der Waals surface area contributed by atoms with E-state index >= 15 is 0 Å². The van der Waals surface area contributed by atoms with Crippen LogP contribution in [0.3, 0.4) is 0 Å². The van der Waals surface area contributed by atoms with Gasteiger partial charge in [-0.1, -0.05) is 46.4 Å². The van der Waals surface area contributed by atoms with Crippen LogP contribution >= 0.6 is 46.4 Å². The van der Waals surface area contributed by atoms with E-state index in [4.69, 9.17) is 46.4 Å². The highest BCUT2D eigenvalue weighted by molar-refractivity contribution is 6.53. The third-order valence-corrected chi connectivity index (χ3v) is 4.40. The van der Waals surface area contributed by atoms with E-state index in [0.717, 1.165) is 11.0 Å². The van der Waals surface area contributed by atoms with Crippen LogP contribution in [0.1, 0.15) is 0 Å². The minimum atomic E-state index is -0.735. The Balaban J connectivity index is 1.95. The monoisotopic (exact) mass is 418 g/mol. The quantitative estimate of drug-likeness (QED) is 0.693. The van der Waals surface area contributed by atoms with Crippen LogP contribution in [0.2, 0.25) is 15.1 Å². The average Bonchev–Trinajstić information content (AvgIpc) is 2.73. The first-order chi connectivity index (χ1) is 11.8. The number of rotatable bonds is 3. The molecule has 1 N–H and O–H groups in total. The Kier molecular flexibility index (Phi) is 4.93. The first kappa shape index (κ1) is 18.0. The van der Waals surface area contributed by atoms with Gasteiger partial charge < -0.3 is 5.32 Å². The van der Waals surface area contributed by atoms with Crippen LogP contribution in [0.25, 0.3) is 0 Å². The molecule has 0 radical (unpaired) electrons. The predicted octanol–water partition coefficient (Wildman–Crippen LogP) is 5.22. The number of hydrogen-bond donors (Lipinski definition) is 1. The molecule has 25 heavy (non-hydrogen) atoms. The second kappa shape index (κ2) is 6.84. The fourth-order valence-electron chi connectivity index (χ4n) is 2.23. The maximum atomic E-state index is 13.2. The normalized spacial score (nSPS) is 14.5. The molecule has 128 valence electrons. The van der Waals surface area contributed by atoms with Crippen molar-refractivity contribution < 1.29 is 14.0 Å². The number of imide groups is 1. The molecule has 0 fully saturated rings. The van der Waals surface area contributed by atoms with Crippen molar-refractivity contribution in [1.29, 1.82) is 0 Å². The zero-order valence-electron chi connectivity index (χ0n) is 12.1. The molecule has 1 heterocycles. The lowest BCUT2D eigenvalue weighted by atomic mass is 10.2. The van der Waals surface area contributed by atoms with Gasteiger partial charge in [-0.05, 0) is 36.4 Å². The van der Waals surface area contributed by atoms with Crippen molar-refractivity contribution in [3.05, 3.63) is 68.0 Å². The second-order valence-corrected chi connectivity index (χ2v) is 6.67. The highest BCUT2D eigenvalue weighted by atomic mass is 35.5. The third kappa shape index (κ3) is 3.46. The molecule has 9 heteroatoms. The number of carbonyl (C=O) groups is 2. The SMILES string of the molecule is O=C1C(Cl)=C(Nc2ccc(F)c(Cl)c2)C(=O)N1c1cc(Cl)cc(Cl)c1. The molecule has 0 saturated carbocycles. The van der Waals surface area contributed by atoms with Crippen LogP contribution in [0.15, 0.2) is 47.1 Å². The standard InChI is InChI=1S/C16H7Cl4FN2O2/c17-7-3-8(18)5-10(4-7)23-15(24)13(20)14(16(23)25)22-9-1-2-12(21)11(19)6-9/h1-6,22H. The van der Waals surface area contributed by atoms with Crippen LogP contribution in [0.5, 0.6) is 0 Å². The van der Waals surface area contributed by atoms with Gasteiger partial charge in [-0.25, -0.2) is 9.29 Å². The zero-order valence-corrected chi connectivity index (χ0v) is 15.1. The van der Waals surface area contributed by atoms with Gasteiger partial charge in [0.2, 0.25) is 0 Å². The van der Waals surface area contributed by atoms with E-state index in [2.05, 4.69) is 5.32 Å². The molecule has 0 aromatic heterocycles. The molecule has 0 saturated heterocycles. The van der Waals surface area contributed by atoms with Gasteiger partial charge >= 0.3 is 0 Å². The average molecular weight is 420 g/mol. The fraction of sp³-hybridized carbons (Fsp3) is 0. The number of amides is 2. The first-order valence-electron chi connectivity index (χ1n) is 6.74. The maximum absolute atomic E-state index is 13.2. The van der Waals surface area contributed by atoms with Crippen LogP contribution in [-0.2, 0) is 9.59 Å². The van der Waals surface area contributed by atoms with E-state index in [1.54, 1.807) is 0 Å². The number of anilines is 2. The van der Waals surface area contributed by atoms with Crippen molar-refractivity contribution in [3.8, 4) is 0 Å². The summed E-state index contributed by atoms with van der Waals surface area (Å²) in [6, 6.07) is 8.03. The molecular formula is C16H7Cl4FN2O2. The molecule has 4 nitrogen and oxygen atoms in total. The van der Waals surface area contributed by atoms with Gasteiger partial charge in [0.05, 0.1) is 10.7 Å². The molecule has 0 bridgehead atoms. The molecular weight excluding hydrogens is 413 g/mol. The van der Waals surface area contributed by atoms with Crippen LogP contribution < -0.4 is 10.2 Å². The second-order valence-electron chi connectivity index (χ2n) is 5.02. The number of halogens is 5. The number of carbonyl (C=O) groups excluding carboxylic acids is 2. The summed E-state index contributed by atoms with van der Waals surface area (Å²) < 4.78 is 13.2. The van der Waals surface area contributed by atoms with Gasteiger partial charge in [0.15, 0.2) is 0 Å². The summed E-state index contributed by atoms with van der Waals surface area (Å²) in [7, 11) is 0. The lowest BCUT2D eigenvalue weighted by Gasteiger charge is -2.16. The largest absolute Gasteiger partial charge is 0.350 e. The van der Waals surface area contributed by atoms with Gasteiger partial charge in [0.1, 0.15) is 16.5 Å². The molecule has 1 aliphatic rings. The molecule has 2 amide bonds. The van der Waals surface area contributed by atoms with E-state index in [9.17, 15) is 14.0 Å². The van der Waals surface area contributed by atoms with Crippen LogP contribution in [0.4, 0.5) is 15.8 Å². The van der Waals surface area contributed by atoms with Crippen molar-refractivity contribution in [2.45, 2.75) is 0 Å². The van der Waals surface area contributed by atoms with Crippen molar-refractivity contribution in [3.63, 3.8) is 0 Å². The Morgan fingerprint density at radius 2 is 1.52 bits per heavy atom. The zero-order chi connectivity index (χ0) is 18.3.